The normalized spacial score (nSPS) is 20.2. The number of ether oxygens (including phenoxy) is 4. The molecule has 1 amide bonds. The molecule has 0 spiro atoms. The molecule has 4 atom stereocenters. The summed E-state index contributed by atoms with van der Waals surface area (Å²) < 4.78 is 24.8. The third-order valence-electron chi connectivity index (χ3n) is 8.46. The first-order chi connectivity index (χ1) is 21.1. The monoisotopic (exact) mass is 635 g/mol. The fraction of sp³-hybridized carbons (Fsp3) is 0.600. The van der Waals surface area contributed by atoms with Crippen molar-refractivity contribution in [1.82, 2.24) is 5.32 Å². The first-order valence-corrected chi connectivity index (χ1v) is 17.3. The summed E-state index contributed by atoms with van der Waals surface area (Å²) in [6.45, 7) is 8.61. The Hall–Kier alpha value is -1.83. The maximum atomic E-state index is 13.6. The molecule has 0 aromatic heterocycles. The fourth-order valence-corrected chi connectivity index (χ4v) is 6.62. The van der Waals surface area contributed by atoms with E-state index >= 15 is 0 Å². The number of benzene rings is 2. The first kappa shape index (κ1) is 37.6. The zero-order chi connectivity index (χ0) is 31.7. The van der Waals surface area contributed by atoms with E-state index in [4.69, 9.17) is 18.9 Å². The van der Waals surface area contributed by atoms with E-state index in [1.807, 2.05) is 63.4 Å². The van der Waals surface area contributed by atoms with E-state index in [0.717, 1.165) is 23.1 Å². The molecule has 2 aliphatic rings. The summed E-state index contributed by atoms with van der Waals surface area (Å²) in [5, 5.41) is 12.5. The quantitative estimate of drug-likeness (QED) is 0.221. The van der Waals surface area contributed by atoms with Crippen molar-refractivity contribution in [3.05, 3.63) is 59.2 Å². The standard InChI is InChI=1S/C35H49NO7S.Li.H/c1-23-11-9-10-14-28(23)30-20-26(15-16-29(30)32(37)36-31(33(38)39)17-18-44-5)34(40-21-27-22-41-35(3,4)43-27)42-24(2)19-25-12-7-6-8-13-25;;/h9-11,14-16,20,24-25,27,31,34H,6-8,12-13,17-19,21-22H2,1-5H3,(H,36,37)(H,38,39);;/q;+1;-1. The molecule has 2 aromatic carbocycles. The molecule has 244 valence electrons. The summed E-state index contributed by atoms with van der Waals surface area (Å²) in [5.41, 5.74) is 3.77. The number of hydrogen-bond acceptors (Lipinski definition) is 7. The van der Waals surface area contributed by atoms with E-state index in [1.54, 1.807) is 17.8 Å². The second-order valence-electron chi connectivity index (χ2n) is 12.6. The summed E-state index contributed by atoms with van der Waals surface area (Å²) in [5.74, 6) is -0.852. The van der Waals surface area contributed by atoms with Crippen LogP contribution >= 0.6 is 11.8 Å². The van der Waals surface area contributed by atoms with Crippen molar-refractivity contribution in [3.8, 4) is 11.1 Å². The molecular formula is C35H50LiNO7S. The minimum Gasteiger partial charge on any atom is -1.00 e. The van der Waals surface area contributed by atoms with Crippen LogP contribution in [0.4, 0.5) is 0 Å². The number of carboxylic acid groups (broad SMARTS) is 1. The van der Waals surface area contributed by atoms with Gasteiger partial charge in [-0.25, -0.2) is 4.79 Å². The predicted molar refractivity (Wildman–Crippen MR) is 175 cm³/mol. The molecule has 2 fully saturated rings. The molecule has 2 aromatic rings. The van der Waals surface area contributed by atoms with Crippen molar-refractivity contribution in [2.45, 2.75) is 103 Å². The number of nitrogens with one attached hydrogen (secondary N) is 1. The summed E-state index contributed by atoms with van der Waals surface area (Å²) in [4.78, 5) is 25.5. The smallest absolute Gasteiger partial charge is 1.00 e. The van der Waals surface area contributed by atoms with Gasteiger partial charge in [-0.15, -0.1) is 0 Å². The summed E-state index contributed by atoms with van der Waals surface area (Å²) in [7, 11) is 0. The van der Waals surface area contributed by atoms with Crippen LogP contribution in [0.2, 0.25) is 0 Å². The minimum absolute atomic E-state index is 0. The van der Waals surface area contributed by atoms with Gasteiger partial charge >= 0.3 is 24.8 Å². The Morgan fingerprint density at radius 3 is 2.51 bits per heavy atom. The van der Waals surface area contributed by atoms with E-state index in [9.17, 15) is 14.7 Å². The van der Waals surface area contributed by atoms with E-state index < -0.39 is 30.0 Å². The van der Waals surface area contributed by atoms with Crippen molar-refractivity contribution in [2.24, 2.45) is 5.92 Å². The Bertz CT molecular complexity index is 1260. The molecule has 8 nitrogen and oxygen atoms in total. The molecule has 1 saturated heterocycles. The maximum Gasteiger partial charge on any atom is 1.00 e. The molecule has 1 heterocycles. The molecule has 2 N–H and O–H groups in total. The average Bonchev–Trinajstić information content (AvgIpc) is 3.35. The fourth-order valence-electron chi connectivity index (χ4n) is 6.15. The topological polar surface area (TPSA) is 103 Å². The largest absolute Gasteiger partial charge is 1.00 e. The van der Waals surface area contributed by atoms with Gasteiger partial charge in [0.2, 0.25) is 0 Å². The molecule has 45 heavy (non-hydrogen) atoms. The molecule has 0 radical (unpaired) electrons. The number of carbonyl (C=O) groups is 2. The number of thioether (sulfide) groups is 1. The van der Waals surface area contributed by atoms with Gasteiger partial charge in [0.1, 0.15) is 12.1 Å². The predicted octanol–water partition coefficient (Wildman–Crippen LogP) is 4.26. The molecular weight excluding hydrogens is 585 g/mol. The number of amides is 1. The van der Waals surface area contributed by atoms with Crippen LogP contribution in [0, 0.1) is 12.8 Å². The Morgan fingerprint density at radius 1 is 1.13 bits per heavy atom. The number of rotatable bonds is 15. The molecule has 4 rings (SSSR count). The van der Waals surface area contributed by atoms with Crippen LogP contribution < -0.4 is 24.2 Å². The van der Waals surface area contributed by atoms with Crippen LogP contribution in [-0.4, -0.2) is 66.2 Å². The third kappa shape index (κ3) is 11.1. The Balaban J connectivity index is 0.00000368. The van der Waals surface area contributed by atoms with E-state index in [1.165, 1.54) is 32.1 Å². The number of carboxylic acids is 1. The van der Waals surface area contributed by atoms with Gasteiger partial charge in [-0.05, 0) is 87.3 Å². The van der Waals surface area contributed by atoms with E-state index in [2.05, 4.69) is 12.2 Å². The summed E-state index contributed by atoms with van der Waals surface area (Å²) >= 11 is 1.55. The Labute approximate surface area is 286 Å². The molecule has 0 bridgehead atoms. The minimum atomic E-state index is -1.04. The zero-order valence-electron chi connectivity index (χ0n) is 28.8. The summed E-state index contributed by atoms with van der Waals surface area (Å²) in [6.07, 6.45) is 8.61. The third-order valence-corrected chi connectivity index (χ3v) is 9.10. The van der Waals surface area contributed by atoms with Crippen LogP contribution in [0.3, 0.4) is 0 Å². The van der Waals surface area contributed by atoms with Gasteiger partial charge in [0, 0.05) is 11.1 Å². The van der Waals surface area contributed by atoms with Crippen molar-refractivity contribution in [3.63, 3.8) is 0 Å². The molecule has 1 aliphatic heterocycles. The number of aryl methyl sites for hydroxylation is 1. The SMILES string of the molecule is CSCCC(NC(=O)c1ccc(C(OCC2COC(C)(C)O2)OC(C)CC2CCCCC2)cc1-c1ccccc1C)C(=O)O.[H-].[Li+]. The number of carbonyl (C=O) groups excluding carboxylic acids is 1. The first-order valence-electron chi connectivity index (χ1n) is 15.9. The Kier molecular flexibility index (Phi) is 15.0. The summed E-state index contributed by atoms with van der Waals surface area (Å²) in [6, 6.07) is 12.4. The van der Waals surface area contributed by atoms with Gasteiger partial charge < -0.3 is 30.8 Å². The van der Waals surface area contributed by atoms with Crippen molar-refractivity contribution >= 4 is 23.6 Å². The van der Waals surface area contributed by atoms with Crippen molar-refractivity contribution in [1.29, 1.82) is 0 Å². The maximum absolute atomic E-state index is 13.6. The van der Waals surface area contributed by atoms with Gasteiger partial charge in [0.25, 0.3) is 5.91 Å². The molecule has 4 unspecified atom stereocenters. The van der Waals surface area contributed by atoms with Gasteiger partial charge in [-0.1, -0.05) is 62.4 Å². The van der Waals surface area contributed by atoms with Gasteiger partial charge in [-0.2, -0.15) is 11.8 Å². The van der Waals surface area contributed by atoms with Gasteiger partial charge in [0.05, 0.1) is 19.3 Å². The van der Waals surface area contributed by atoms with Gasteiger partial charge in [0.15, 0.2) is 12.1 Å². The Morgan fingerprint density at radius 2 is 1.87 bits per heavy atom. The molecule has 1 aliphatic carbocycles. The van der Waals surface area contributed by atoms with E-state index in [0.29, 0.717) is 42.4 Å². The molecule has 10 heteroatoms. The second kappa shape index (κ2) is 17.9. The number of hydrogen-bond donors (Lipinski definition) is 2. The number of aliphatic carboxylic acids is 1. The van der Waals surface area contributed by atoms with Gasteiger partial charge in [-0.3, -0.25) is 4.79 Å². The van der Waals surface area contributed by atoms with E-state index in [-0.39, 0.29) is 32.5 Å². The van der Waals surface area contributed by atoms with Crippen LogP contribution in [-0.2, 0) is 23.7 Å². The average molecular weight is 636 g/mol. The van der Waals surface area contributed by atoms with Crippen LogP contribution in [0.5, 0.6) is 0 Å². The van der Waals surface area contributed by atoms with Crippen LogP contribution in [0.25, 0.3) is 11.1 Å². The zero-order valence-corrected chi connectivity index (χ0v) is 28.6. The van der Waals surface area contributed by atoms with Crippen LogP contribution in [0.15, 0.2) is 42.5 Å². The van der Waals surface area contributed by atoms with Crippen LogP contribution in [0.1, 0.15) is 94.9 Å². The van der Waals surface area contributed by atoms with Crippen molar-refractivity contribution in [2.75, 3.05) is 25.2 Å². The molecule has 1 saturated carbocycles. The second-order valence-corrected chi connectivity index (χ2v) is 13.6. The van der Waals surface area contributed by atoms with Crippen molar-refractivity contribution < 1.29 is 53.9 Å².